The summed E-state index contributed by atoms with van der Waals surface area (Å²) in [7, 11) is 0. The van der Waals surface area contributed by atoms with Gasteiger partial charge in [-0.05, 0) is 48.3 Å². The molecule has 3 amide bonds. The molecule has 1 heterocycles. The molecule has 140 valence electrons. The molecule has 0 spiro atoms. The van der Waals surface area contributed by atoms with Gasteiger partial charge in [-0.3, -0.25) is 19.3 Å². The molecule has 6 unspecified atom stereocenters. The third kappa shape index (κ3) is 2.63. The van der Waals surface area contributed by atoms with Crippen molar-refractivity contribution in [3.63, 3.8) is 0 Å². The summed E-state index contributed by atoms with van der Waals surface area (Å²) >= 11 is 11.8. The minimum absolute atomic E-state index is 0.0623. The predicted octanol–water partition coefficient (Wildman–Crippen LogP) is 3.38. The van der Waals surface area contributed by atoms with Crippen LogP contribution in [0.2, 0.25) is 10.0 Å². The van der Waals surface area contributed by atoms with E-state index < -0.39 is 0 Å². The maximum Gasteiger partial charge on any atom is 0.233 e. The van der Waals surface area contributed by atoms with Crippen LogP contribution in [-0.2, 0) is 14.4 Å². The number of hydrogen-bond acceptors (Lipinski definition) is 3. The molecule has 27 heavy (non-hydrogen) atoms. The second-order valence-corrected chi connectivity index (χ2v) is 8.72. The Balaban J connectivity index is 1.24. The summed E-state index contributed by atoms with van der Waals surface area (Å²) in [6.45, 7) is 0.118. The molecule has 5 nitrogen and oxygen atoms in total. The van der Waals surface area contributed by atoms with E-state index in [9.17, 15) is 14.4 Å². The summed E-state index contributed by atoms with van der Waals surface area (Å²) < 4.78 is 0. The maximum absolute atomic E-state index is 12.9. The van der Waals surface area contributed by atoms with E-state index in [1.54, 1.807) is 18.2 Å². The van der Waals surface area contributed by atoms with Gasteiger partial charge in [-0.1, -0.05) is 35.4 Å². The van der Waals surface area contributed by atoms with Gasteiger partial charge in [-0.25, -0.2) is 0 Å². The average molecular weight is 405 g/mol. The normalized spacial score (nSPS) is 35.3. The number of halogens is 2. The molecule has 0 aromatic heterocycles. The van der Waals surface area contributed by atoms with Crippen LogP contribution in [0.15, 0.2) is 30.4 Å². The largest absolute Gasteiger partial charge is 0.326 e. The van der Waals surface area contributed by atoms with Crippen LogP contribution in [0.4, 0.5) is 5.69 Å². The predicted molar refractivity (Wildman–Crippen MR) is 101 cm³/mol. The van der Waals surface area contributed by atoms with Gasteiger partial charge in [-0.15, -0.1) is 0 Å². The lowest BCUT2D eigenvalue weighted by molar-refractivity contribution is -0.140. The van der Waals surface area contributed by atoms with E-state index in [0.717, 1.165) is 6.42 Å². The van der Waals surface area contributed by atoms with Crippen molar-refractivity contribution < 1.29 is 14.4 Å². The zero-order chi connectivity index (χ0) is 18.9. The second kappa shape index (κ2) is 6.08. The first-order chi connectivity index (χ1) is 13.0. The number of carbonyl (C=O) groups is 3. The quantitative estimate of drug-likeness (QED) is 0.617. The third-order valence-electron chi connectivity index (χ3n) is 6.52. The Bertz CT molecular complexity index is 863. The number of allylic oxidation sites excluding steroid dienone is 2. The number of imide groups is 1. The monoisotopic (exact) mass is 404 g/mol. The van der Waals surface area contributed by atoms with Crippen LogP contribution in [0.25, 0.3) is 0 Å². The second-order valence-electron chi connectivity index (χ2n) is 7.91. The van der Waals surface area contributed by atoms with E-state index >= 15 is 0 Å². The molecular formula is C20H18Cl2N2O3. The van der Waals surface area contributed by atoms with Crippen molar-refractivity contribution in [3.8, 4) is 0 Å². The van der Waals surface area contributed by atoms with Crippen molar-refractivity contribution in [2.24, 2.45) is 35.5 Å². The van der Waals surface area contributed by atoms with Gasteiger partial charge in [0.2, 0.25) is 17.7 Å². The number of nitrogens with zero attached hydrogens (tertiary/aromatic N) is 1. The first kappa shape index (κ1) is 17.3. The lowest BCUT2D eigenvalue weighted by atomic mass is 9.63. The molecule has 1 aliphatic heterocycles. The van der Waals surface area contributed by atoms with E-state index in [2.05, 4.69) is 17.5 Å². The van der Waals surface area contributed by atoms with Crippen LogP contribution < -0.4 is 5.32 Å². The third-order valence-corrected chi connectivity index (χ3v) is 7.26. The highest BCUT2D eigenvalue weighted by Crippen LogP contribution is 2.65. The summed E-state index contributed by atoms with van der Waals surface area (Å²) in [5, 5.41) is 3.49. The van der Waals surface area contributed by atoms with E-state index in [0.29, 0.717) is 27.6 Å². The fourth-order valence-corrected chi connectivity index (χ4v) is 5.55. The van der Waals surface area contributed by atoms with Gasteiger partial charge in [0.1, 0.15) is 0 Å². The van der Waals surface area contributed by atoms with Crippen molar-refractivity contribution >= 4 is 46.6 Å². The highest BCUT2D eigenvalue weighted by atomic mass is 35.5. The lowest BCUT2D eigenvalue weighted by Crippen LogP contribution is -2.40. The van der Waals surface area contributed by atoms with Crippen LogP contribution in [0.5, 0.6) is 0 Å². The molecule has 1 saturated heterocycles. The number of benzene rings is 1. The SMILES string of the molecule is O=C(CCN1C(=O)C2C3C=CC(C4CC34)C2C1=O)Nc1ccc(Cl)c(Cl)c1. The maximum atomic E-state index is 12.9. The van der Waals surface area contributed by atoms with Gasteiger partial charge >= 0.3 is 0 Å². The van der Waals surface area contributed by atoms with Crippen molar-refractivity contribution in [1.82, 2.24) is 4.90 Å². The van der Waals surface area contributed by atoms with E-state index in [1.807, 2.05) is 0 Å². The number of carbonyl (C=O) groups excluding carboxylic acids is 3. The molecule has 4 aliphatic carbocycles. The molecular weight excluding hydrogens is 387 g/mol. The fourth-order valence-electron chi connectivity index (χ4n) is 5.25. The van der Waals surface area contributed by atoms with Crippen molar-refractivity contribution in [3.05, 3.63) is 40.4 Å². The van der Waals surface area contributed by atoms with E-state index in [-0.39, 0.29) is 54.4 Å². The summed E-state index contributed by atoms with van der Waals surface area (Å²) in [5.74, 6) is 0.672. The van der Waals surface area contributed by atoms with Crippen molar-refractivity contribution in [2.75, 3.05) is 11.9 Å². The fraction of sp³-hybridized carbons (Fsp3) is 0.450. The van der Waals surface area contributed by atoms with E-state index in [1.165, 1.54) is 4.90 Å². The summed E-state index contributed by atoms with van der Waals surface area (Å²) in [6, 6.07) is 4.83. The summed E-state index contributed by atoms with van der Waals surface area (Å²) in [6.07, 6.45) is 5.49. The van der Waals surface area contributed by atoms with Gasteiger partial charge in [0.15, 0.2) is 0 Å². The molecule has 6 rings (SSSR count). The molecule has 1 N–H and O–H groups in total. The Labute approximate surface area is 166 Å². The van der Waals surface area contributed by atoms with Crippen LogP contribution in [0, 0.1) is 35.5 Å². The Morgan fingerprint density at radius 3 is 2.26 bits per heavy atom. The van der Waals surface area contributed by atoms with E-state index in [4.69, 9.17) is 23.2 Å². The Morgan fingerprint density at radius 2 is 1.67 bits per heavy atom. The molecule has 3 fully saturated rings. The number of amides is 3. The van der Waals surface area contributed by atoms with Crippen LogP contribution in [0.3, 0.4) is 0 Å². The van der Waals surface area contributed by atoms with Crippen LogP contribution in [-0.4, -0.2) is 29.2 Å². The van der Waals surface area contributed by atoms with Gasteiger partial charge in [0.25, 0.3) is 0 Å². The number of hydrogen-bond donors (Lipinski definition) is 1. The summed E-state index contributed by atoms with van der Waals surface area (Å²) in [5.41, 5.74) is 0.532. The van der Waals surface area contributed by atoms with Crippen molar-refractivity contribution in [1.29, 1.82) is 0 Å². The molecule has 0 radical (unpaired) electrons. The first-order valence-electron chi connectivity index (χ1n) is 9.24. The standard InChI is InChI=1S/C20H18Cl2N2O3/c21-14-4-1-9(7-15(14)22)23-16(25)5-6-24-19(26)17-10-2-3-11(13-8-12(10)13)18(17)20(24)27/h1-4,7,10-13,17-18H,5-6,8H2,(H,23,25). The van der Waals surface area contributed by atoms with Crippen LogP contribution in [0.1, 0.15) is 12.8 Å². The Morgan fingerprint density at radius 1 is 1.04 bits per heavy atom. The highest BCUT2D eigenvalue weighted by Gasteiger charge is 2.66. The Hall–Kier alpha value is -1.85. The van der Waals surface area contributed by atoms with Gasteiger partial charge in [-0.2, -0.15) is 0 Å². The van der Waals surface area contributed by atoms with Gasteiger partial charge in [0.05, 0.1) is 21.9 Å². The summed E-state index contributed by atoms with van der Waals surface area (Å²) in [4.78, 5) is 39.3. The minimum atomic E-state index is -0.271. The minimum Gasteiger partial charge on any atom is -0.326 e. The number of anilines is 1. The van der Waals surface area contributed by atoms with Gasteiger partial charge < -0.3 is 5.32 Å². The smallest absolute Gasteiger partial charge is 0.233 e. The topological polar surface area (TPSA) is 66.5 Å². The average Bonchev–Trinajstić information content (AvgIpc) is 3.42. The van der Waals surface area contributed by atoms with Crippen LogP contribution >= 0.6 is 23.2 Å². The Kier molecular flexibility index (Phi) is 3.89. The molecule has 5 aliphatic rings. The lowest BCUT2D eigenvalue weighted by Gasteiger charge is -2.37. The molecule has 1 aromatic rings. The zero-order valence-corrected chi connectivity index (χ0v) is 15.9. The van der Waals surface area contributed by atoms with Gasteiger partial charge in [0, 0.05) is 18.7 Å². The number of rotatable bonds is 4. The molecule has 7 heteroatoms. The molecule has 6 atom stereocenters. The number of likely N-dealkylation sites (tertiary alicyclic amines) is 1. The zero-order valence-electron chi connectivity index (χ0n) is 14.4. The first-order valence-corrected chi connectivity index (χ1v) is 10.00. The molecule has 2 saturated carbocycles. The highest BCUT2D eigenvalue weighted by molar-refractivity contribution is 6.42. The molecule has 1 aromatic carbocycles. The van der Waals surface area contributed by atoms with Crippen molar-refractivity contribution in [2.45, 2.75) is 12.8 Å². The molecule has 2 bridgehead atoms. The number of nitrogens with one attached hydrogen (secondary N) is 1.